The van der Waals surface area contributed by atoms with E-state index in [-0.39, 0.29) is 0 Å². The van der Waals surface area contributed by atoms with Gasteiger partial charge in [-0.25, -0.2) is 4.98 Å². The van der Waals surface area contributed by atoms with Crippen molar-refractivity contribution < 1.29 is 0 Å². The molecule has 0 aliphatic heterocycles. The fourth-order valence-corrected chi connectivity index (χ4v) is 2.37. The van der Waals surface area contributed by atoms with Gasteiger partial charge in [0.05, 0.1) is 10.0 Å². The normalized spacial score (nSPS) is 10.8. The van der Waals surface area contributed by atoms with Crippen molar-refractivity contribution in [2.75, 3.05) is 5.73 Å². The highest BCUT2D eigenvalue weighted by Gasteiger charge is 2.12. The summed E-state index contributed by atoms with van der Waals surface area (Å²) in [7, 11) is 0. The minimum absolute atomic E-state index is 0.449. The second kappa shape index (κ2) is 5.39. The van der Waals surface area contributed by atoms with Crippen molar-refractivity contribution in [3.05, 3.63) is 52.0 Å². The Balaban J connectivity index is 2.03. The third-order valence-electron chi connectivity index (χ3n) is 3.23. The Hall–Kier alpha value is -2.04. The molecule has 3 rings (SSSR count). The van der Waals surface area contributed by atoms with E-state index in [0.717, 1.165) is 11.1 Å². The fraction of sp³-hybridized carbons (Fsp3) is 0.0667. The van der Waals surface area contributed by atoms with Gasteiger partial charge in [0, 0.05) is 16.8 Å². The molecule has 21 heavy (non-hydrogen) atoms. The lowest BCUT2D eigenvalue weighted by Crippen LogP contribution is -1.90. The van der Waals surface area contributed by atoms with Crippen LogP contribution in [0.2, 0.25) is 10.0 Å². The molecular weight excluding hydrogens is 307 g/mol. The Labute approximate surface area is 131 Å². The third-order valence-corrected chi connectivity index (χ3v) is 4.05. The van der Waals surface area contributed by atoms with Crippen LogP contribution in [0.15, 0.2) is 36.4 Å². The maximum Gasteiger partial charge on any atom is 0.181 e. The monoisotopic (exact) mass is 318 g/mol. The minimum atomic E-state index is 0.449. The lowest BCUT2D eigenvalue weighted by atomic mass is 10.1. The van der Waals surface area contributed by atoms with Gasteiger partial charge >= 0.3 is 0 Å². The topological polar surface area (TPSA) is 67.6 Å². The first-order valence-electron chi connectivity index (χ1n) is 6.29. The number of anilines is 1. The highest BCUT2D eigenvalue weighted by molar-refractivity contribution is 6.43. The van der Waals surface area contributed by atoms with E-state index in [1.54, 1.807) is 6.07 Å². The molecule has 3 N–H and O–H groups in total. The van der Waals surface area contributed by atoms with E-state index in [1.165, 1.54) is 0 Å². The van der Waals surface area contributed by atoms with Crippen molar-refractivity contribution >= 4 is 28.9 Å². The van der Waals surface area contributed by atoms with Crippen molar-refractivity contribution in [3.8, 4) is 22.8 Å². The molecule has 0 spiro atoms. The van der Waals surface area contributed by atoms with Gasteiger partial charge in [0.2, 0.25) is 0 Å². The van der Waals surface area contributed by atoms with Crippen LogP contribution in [-0.2, 0) is 0 Å². The van der Waals surface area contributed by atoms with E-state index in [4.69, 9.17) is 28.9 Å². The van der Waals surface area contributed by atoms with Gasteiger partial charge in [0.25, 0.3) is 0 Å². The quantitative estimate of drug-likeness (QED) is 0.691. The number of hydrogen-bond acceptors (Lipinski definition) is 3. The van der Waals surface area contributed by atoms with Crippen molar-refractivity contribution in [1.29, 1.82) is 0 Å². The number of nitrogens with zero attached hydrogens (tertiary/aromatic N) is 2. The van der Waals surface area contributed by atoms with E-state index >= 15 is 0 Å². The lowest BCUT2D eigenvalue weighted by Gasteiger charge is -2.02. The standard InChI is InChI=1S/C15H12Cl2N4/c1-8-5-6-9(7-12(8)18)14-19-15(21-20-14)10-3-2-4-11(16)13(10)17/h2-7H,18H2,1H3,(H,19,20,21). The maximum atomic E-state index is 6.19. The lowest BCUT2D eigenvalue weighted by molar-refractivity contribution is 1.10. The molecular formula is C15H12Cl2N4. The van der Waals surface area contributed by atoms with Crippen LogP contribution in [0.5, 0.6) is 0 Å². The Kier molecular flexibility index (Phi) is 3.57. The number of hydrogen-bond donors (Lipinski definition) is 2. The molecule has 0 saturated carbocycles. The Morgan fingerprint density at radius 2 is 1.95 bits per heavy atom. The molecule has 0 amide bonds. The summed E-state index contributed by atoms with van der Waals surface area (Å²) in [6.07, 6.45) is 0. The van der Waals surface area contributed by atoms with Gasteiger partial charge in [0.1, 0.15) is 0 Å². The zero-order valence-electron chi connectivity index (χ0n) is 11.2. The molecule has 1 heterocycles. The summed E-state index contributed by atoms with van der Waals surface area (Å²) in [5.41, 5.74) is 9.20. The molecule has 0 fully saturated rings. The van der Waals surface area contributed by atoms with Gasteiger partial charge in [-0.3, -0.25) is 5.10 Å². The third kappa shape index (κ3) is 2.60. The summed E-state index contributed by atoms with van der Waals surface area (Å²) in [5, 5.41) is 8.02. The summed E-state index contributed by atoms with van der Waals surface area (Å²) in [6, 6.07) is 11.1. The summed E-state index contributed by atoms with van der Waals surface area (Å²) >= 11 is 12.2. The summed E-state index contributed by atoms with van der Waals surface area (Å²) in [6.45, 7) is 1.95. The Bertz CT molecular complexity index is 811. The van der Waals surface area contributed by atoms with Crippen molar-refractivity contribution in [2.45, 2.75) is 6.92 Å². The van der Waals surface area contributed by atoms with E-state index in [0.29, 0.717) is 32.9 Å². The van der Waals surface area contributed by atoms with Crippen LogP contribution >= 0.6 is 23.2 Å². The Morgan fingerprint density at radius 1 is 1.14 bits per heavy atom. The van der Waals surface area contributed by atoms with Crippen LogP contribution in [0, 0.1) is 6.92 Å². The van der Waals surface area contributed by atoms with Gasteiger partial charge in [-0.1, -0.05) is 41.4 Å². The van der Waals surface area contributed by atoms with Crippen LogP contribution < -0.4 is 5.73 Å². The van der Waals surface area contributed by atoms with Crippen LogP contribution in [0.3, 0.4) is 0 Å². The zero-order chi connectivity index (χ0) is 15.0. The van der Waals surface area contributed by atoms with E-state index in [1.807, 2.05) is 37.3 Å². The predicted molar refractivity (Wildman–Crippen MR) is 86.4 cm³/mol. The van der Waals surface area contributed by atoms with Gasteiger partial charge in [-0.05, 0) is 30.7 Å². The van der Waals surface area contributed by atoms with Crippen molar-refractivity contribution in [3.63, 3.8) is 0 Å². The van der Waals surface area contributed by atoms with Gasteiger partial charge in [-0.2, -0.15) is 5.10 Å². The molecule has 2 aromatic carbocycles. The second-order valence-corrected chi connectivity index (χ2v) is 5.47. The molecule has 0 atom stereocenters. The van der Waals surface area contributed by atoms with Crippen LogP contribution in [-0.4, -0.2) is 15.2 Å². The van der Waals surface area contributed by atoms with E-state index < -0.39 is 0 Å². The molecule has 6 heteroatoms. The fourth-order valence-electron chi connectivity index (χ4n) is 1.98. The number of halogens is 2. The summed E-state index contributed by atoms with van der Waals surface area (Å²) in [4.78, 5) is 4.46. The number of aryl methyl sites for hydroxylation is 1. The van der Waals surface area contributed by atoms with Crippen molar-refractivity contribution in [1.82, 2.24) is 15.2 Å². The zero-order valence-corrected chi connectivity index (χ0v) is 12.7. The molecule has 106 valence electrons. The van der Waals surface area contributed by atoms with E-state index in [2.05, 4.69) is 15.2 Å². The van der Waals surface area contributed by atoms with Gasteiger partial charge in [0.15, 0.2) is 11.6 Å². The average molecular weight is 319 g/mol. The molecule has 1 aromatic heterocycles. The number of H-pyrrole nitrogens is 1. The Morgan fingerprint density at radius 3 is 2.71 bits per heavy atom. The highest BCUT2D eigenvalue weighted by Crippen LogP contribution is 2.32. The molecule has 0 bridgehead atoms. The number of benzene rings is 2. The first-order chi connectivity index (χ1) is 10.1. The molecule has 0 aliphatic carbocycles. The van der Waals surface area contributed by atoms with Crippen LogP contribution in [0.1, 0.15) is 5.56 Å². The highest BCUT2D eigenvalue weighted by atomic mass is 35.5. The number of nitrogen functional groups attached to an aromatic ring is 1. The smallest absolute Gasteiger partial charge is 0.181 e. The number of aromatic amines is 1. The summed E-state index contributed by atoms with van der Waals surface area (Å²) in [5.74, 6) is 1.13. The summed E-state index contributed by atoms with van der Waals surface area (Å²) < 4.78 is 0. The molecule has 0 radical (unpaired) electrons. The average Bonchev–Trinajstić information content (AvgIpc) is 2.94. The molecule has 0 unspecified atom stereocenters. The molecule has 0 saturated heterocycles. The molecule has 0 aliphatic rings. The largest absolute Gasteiger partial charge is 0.398 e. The maximum absolute atomic E-state index is 6.19. The SMILES string of the molecule is Cc1ccc(-c2n[nH]c(-c3cccc(Cl)c3Cl)n2)cc1N. The number of nitrogens with one attached hydrogen (secondary N) is 1. The minimum Gasteiger partial charge on any atom is -0.398 e. The number of nitrogens with two attached hydrogens (primary N) is 1. The number of aromatic nitrogens is 3. The van der Waals surface area contributed by atoms with E-state index in [9.17, 15) is 0 Å². The first kappa shape index (κ1) is 13.9. The van der Waals surface area contributed by atoms with Gasteiger partial charge in [-0.15, -0.1) is 0 Å². The first-order valence-corrected chi connectivity index (χ1v) is 7.05. The van der Waals surface area contributed by atoms with Crippen LogP contribution in [0.4, 0.5) is 5.69 Å². The van der Waals surface area contributed by atoms with Crippen molar-refractivity contribution in [2.24, 2.45) is 0 Å². The molecule has 3 aromatic rings. The van der Waals surface area contributed by atoms with Gasteiger partial charge < -0.3 is 5.73 Å². The number of rotatable bonds is 2. The van der Waals surface area contributed by atoms with Crippen LogP contribution in [0.25, 0.3) is 22.8 Å². The predicted octanol–water partition coefficient (Wildman–Crippen LogP) is 4.34. The second-order valence-electron chi connectivity index (χ2n) is 4.68. The molecule has 4 nitrogen and oxygen atoms in total.